The van der Waals surface area contributed by atoms with Crippen LogP contribution in [-0.4, -0.2) is 13.1 Å². The maximum atomic E-state index is 14.0. The van der Waals surface area contributed by atoms with Crippen LogP contribution in [0.2, 0.25) is 0 Å². The molecule has 0 atom stereocenters. The van der Waals surface area contributed by atoms with E-state index in [1.165, 1.54) is 6.42 Å². The number of piperidine rings is 1. The molecule has 0 amide bonds. The van der Waals surface area contributed by atoms with Gasteiger partial charge in [0.15, 0.2) is 0 Å². The Morgan fingerprint density at radius 3 is 2.76 bits per heavy atom. The van der Waals surface area contributed by atoms with Gasteiger partial charge in [-0.1, -0.05) is 19.9 Å². The highest BCUT2D eigenvalue weighted by atomic mass is 35.5. The van der Waals surface area contributed by atoms with Gasteiger partial charge in [0.25, 0.3) is 0 Å². The molecule has 2 rings (SSSR count). The molecule has 94 valence electrons. The Morgan fingerprint density at radius 2 is 2.18 bits per heavy atom. The number of nitrogens with zero attached hydrogens (tertiary/aromatic N) is 1. The SMILES string of the molecule is CC1(C)CCCN(c2ccc(CCl)cc2F)C1. The highest BCUT2D eigenvalue weighted by molar-refractivity contribution is 6.17. The van der Waals surface area contributed by atoms with Gasteiger partial charge < -0.3 is 4.90 Å². The average molecular weight is 256 g/mol. The van der Waals surface area contributed by atoms with Gasteiger partial charge in [-0.15, -0.1) is 11.6 Å². The van der Waals surface area contributed by atoms with Crippen LogP contribution in [0.1, 0.15) is 32.3 Å². The molecule has 0 aromatic heterocycles. The van der Waals surface area contributed by atoms with E-state index in [1.54, 1.807) is 6.07 Å². The summed E-state index contributed by atoms with van der Waals surface area (Å²) in [6.07, 6.45) is 2.34. The fourth-order valence-electron chi connectivity index (χ4n) is 2.52. The minimum absolute atomic E-state index is 0.152. The number of alkyl halides is 1. The Balaban J connectivity index is 2.22. The second-order valence-electron chi connectivity index (χ2n) is 5.61. The Hall–Kier alpha value is -0.760. The van der Waals surface area contributed by atoms with Crippen LogP contribution in [0, 0.1) is 11.2 Å². The highest BCUT2D eigenvalue weighted by Gasteiger charge is 2.27. The van der Waals surface area contributed by atoms with E-state index in [2.05, 4.69) is 18.7 Å². The van der Waals surface area contributed by atoms with Gasteiger partial charge in [-0.3, -0.25) is 0 Å². The van der Waals surface area contributed by atoms with Crippen molar-refractivity contribution in [2.24, 2.45) is 5.41 Å². The van der Waals surface area contributed by atoms with Gasteiger partial charge in [0.2, 0.25) is 0 Å². The third-order valence-electron chi connectivity index (χ3n) is 3.41. The number of halogens is 2. The molecule has 0 N–H and O–H groups in total. The summed E-state index contributed by atoms with van der Waals surface area (Å²) in [5.74, 6) is 0.212. The maximum Gasteiger partial charge on any atom is 0.146 e. The fourth-order valence-corrected chi connectivity index (χ4v) is 2.69. The Kier molecular flexibility index (Phi) is 3.62. The highest BCUT2D eigenvalue weighted by Crippen LogP contribution is 2.32. The standard InChI is InChI=1S/C14H19ClFN/c1-14(2)6-3-7-17(10-14)13-5-4-11(9-15)8-12(13)16/h4-5,8H,3,6-7,9-10H2,1-2H3. The van der Waals surface area contributed by atoms with Crippen LogP contribution >= 0.6 is 11.6 Å². The number of benzene rings is 1. The molecule has 0 unspecified atom stereocenters. The van der Waals surface area contributed by atoms with Crippen molar-refractivity contribution < 1.29 is 4.39 Å². The zero-order chi connectivity index (χ0) is 12.5. The molecule has 1 aliphatic heterocycles. The quantitative estimate of drug-likeness (QED) is 0.717. The van der Waals surface area contributed by atoms with Crippen molar-refractivity contribution in [2.75, 3.05) is 18.0 Å². The number of rotatable bonds is 2. The lowest BCUT2D eigenvalue weighted by Crippen LogP contribution is -2.40. The average Bonchev–Trinajstić information content (AvgIpc) is 2.27. The molecule has 1 nitrogen and oxygen atoms in total. The van der Waals surface area contributed by atoms with Crippen molar-refractivity contribution in [3.63, 3.8) is 0 Å². The van der Waals surface area contributed by atoms with Gasteiger partial charge >= 0.3 is 0 Å². The van der Waals surface area contributed by atoms with E-state index in [9.17, 15) is 4.39 Å². The maximum absolute atomic E-state index is 14.0. The molecule has 1 aliphatic rings. The first-order chi connectivity index (χ1) is 8.02. The van der Waals surface area contributed by atoms with Gasteiger partial charge in [-0.2, -0.15) is 0 Å². The lowest BCUT2D eigenvalue weighted by Gasteiger charge is -2.39. The molecule has 1 aromatic rings. The minimum atomic E-state index is -0.152. The van der Waals surface area contributed by atoms with Crippen molar-refractivity contribution in [3.8, 4) is 0 Å². The van der Waals surface area contributed by atoms with E-state index >= 15 is 0 Å². The third-order valence-corrected chi connectivity index (χ3v) is 3.72. The van der Waals surface area contributed by atoms with Crippen LogP contribution in [0.4, 0.5) is 10.1 Å². The predicted molar refractivity (Wildman–Crippen MR) is 71.2 cm³/mol. The van der Waals surface area contributed by atoms with Gasteiger partial charge in [-0.25, -0.2) is 4.39 Å². The lowest BCUT2D eigenvalue weighted by atomic mass is 9.84. The smallest absolute Gasteiger partial charge is 0.146 e. The molecule has 1 saturated heterocycles. The first-order valence-corrected chi connectivity index (χ1v) is 6.65. The van der Waals surface area contributed by atoms with Crippen molar-refractivity contribution in [2.45, 2.75) is 32.6 Å². The normalized spacial score (nSPS) is 19.4. The van der Waals surface area contributed by atoms with Crippen molar-refractivity contribution in [1.29, 1.82) is 0 Å². The van der Waals surface area contributed by atoms with Gasteiger partial charge in [0, 0.05) is 19.0 Å². The van der Waals surface area contributed by atoms with Crippen molar-refractivity contribution >= 4 is 17.3 Å². The number of hydrogen-bond donors (Lipinski definition) is 0. The van der Waals surface area contributed by atoms with Crippen molar-refractivity contribution in [1.82, 2.24) is 0 Å². The van der Waals surface area contributed by atoms with E-state index < -0.39 is 0 Å². The fraction of sp³-hybridized carbons (Fsp3) is 0.571. The van der Waals surface area contributed by atoms with Crippen LogP contribution < -0.4 is 4.90 Å². The summed E-state index contributed by atoms with van der Waals surface area (Å²) in [6, 6.07) is 5.31. The first kappa shape index (κ1) is 12.7. The molecule has 1 aromatic carbocycles. The van der Waals surface area contributed by atoms with Crippen LogP contribution in [0.3, 0.4) is 0 Å². The van der Waals surface area contributed by atoms with E-state index in [0.29, 0.717) is 11.6 Å². The van der Waals surface area contributed by atoms with E-state index in [4.69, 9.17) is 11.6 Å². The van der Waals surface area contributed by atoms with Crippen LogP contribution in [-0.2, 0) is 5.88 Å². The largest absolute Gasteiger partial charge is 0.369 e. The summed E-state index contributed by atoms with van der Waals surface area (Å²) in [7, 11) is 0. The van der Waals surface area contributed by atoms with E-state index in [-0.39, 0.29) is 11.2 Å². The van der Waals surface area contributed by atoms with E-state index in [1.807, 2.05) is 12.1 Å². The topological polar surface area (TPSA) is 3.24 Å². The molecule has 3 heteroatoms. The third kappa shape index (κ3) is 2.92. The molecule has 17 heavy (non-hydrogen) atoms. The zero-order valence-corrected chi connectivity index (χ0v) is 11.2. The molecular formula is C14H19ClFN. The number of anilines is 1. The van der Waals surface area contributed by atoms with Gasteiger partial charge in [-0.05, 0) is 36.0 Å². The summed E-state index contributed by atoms with van der Waals surface area (Å²) in [6.45, 7) is 6.35. The molecule has 0 aliphatic carbocycles. The predicted octanol–water partition coefficient (Wildman–Crippen LogP) is 4.19. The second-order valence-corrected chi connectivity index (χ2v) is 5.88. The zero-order valence-electron chi connectivity index (χ0n) is 10.5. The van der Waals surface area contributed by atoms with E-state index in [0.717, 1.165) is 25.1 Å². The van der Waals surface area contributed by atoms with Crippen LogP contribution in [0.25, 0.3) is 0 Å². The summed E-state index contributed by atoms with van der Waals surface area (Å²) in [5, 5.41) is 0. The Labute approximate surface area is 108 Å². The van der Waals surface area contributed by atoms with Crippen LogP contribution in [0.5, 0.6) is 0 Å². The van der Waals surface area contributed by atoms with Crippen LogP contribution in [0.15, 0.2) is 18.2 Å². The molecule has 0 saturated carbocycles. The summed E-state index contributed by atoms with van der Waals surface area (Å²) in [5.41, 5.74) is 1.83. The first-order valence-electron chi connectivity index (χ1n) is 6.11. The summed E-state index contributed by atoms with van der Waals surface area (Å²) in [4.78, 5) is 2.15. The van der Waals surface area contributed by atoms with Crippen molar-refractivity contribution in [3.05, 3.63) is 29.6 Å². The van der Waals surface area contributed by atoms with Gasteiger partial charge in [0.05, 0.1) is 5.69 Å². The lowest BCUT2D eigenvalue weighted by molar-refractivity contribution is 0.292. The molecule has 1 fully saturated rings. The molecule has 0 bridgehead atoms. The molecule has 0 spiro atoms. The Bertz CT molecular complexity index is 403. The molecule has 1 heterocycles. The second kappa shape index (κ2) is 4.85. The Morgan fingerprint density at radius 1 is 1.41 bits per heavy atom. The summed E-state index contributed by atoms with van der Waals surface area (Å²) >= 11 is 5.70. The molecule has 0 radical (unpaired) electrons. The summed E-state index contributed by atoms with van der Waals surface area (Å²) < 4.78 is 14.0. The van der Waals surface area contributed by atoms with Gasteiger partial charge in [0.1, 0.15) is 5.82 Å². The monoisotopic (exact) mass is 255 g/mol. The minimum Gasteiger partial charge on any atom is -0.369 e. The number of hydrogen-bond acceptors (Lipinski definition) is 1. The molecular weight excluding hydrogens is 237 g/mol.